The van der Waals surface area contributed by atoms with Crippen molar-refractivity contribution < 1.29 is 14.8 Å². The summed E-state index contributed by atoms with van der Waals surface area (Å²) in [6, 6.07) is 6.07. The summed E-state index contributed by atoms with van der Waals surface area (Å²) in [5.74, 6) is -1.03. The number of aromatic nitrogens is 3. The molecule has 8 nitrogen and oxygen atoms in total. The van der Waals surface area contributed by atoms with E-state index in [-0.39, 0.29) is 23.5 Å². The van der Waals surface area contributed by atoms with Gasteiger partial charge in [0.05, 0.1) is 22.7 Å². The van der Waals surface area contributed by atoms with Gasteiger partial charge in [-0.25, -0.2) is 4.68 Å². The minimum atomic E-state index is -1.03. The van der Waals surface area contributed by atoms with Crippen molar-refractivity contribution in [1.82, 2.24) is 15.0 Å². The second-order valence-corrected chi connectivity index (χ2v) is 3.85. The minimum Gasteiger partial charge on any atom is -0.481 e. The fourth-order valence-electron chi connectivity index (χ4n) is 1.69. The maximum absolute atomic E-state index is 10.9. The molecule has 0 unspecified atom stereocenters. The maximum atomic E-state index is 10.9. The molecule has 8 heteroatoms. The maximum Gasteiger partial charge on any atom is 0.309 e. The molecule has 1 heterocycles. The SMILES string of the molecule is Cc1c(CC(=O)O)nnn1-c1ccccc1[N+](=O)[O-]. The summed E-state index contributed by atoms with van der Waals surface area (Å²) in [7, 11) is 0. The molecule has 1 aromatic heterocycles. The average molecular weight is 262 g/mol. The summed E-state index contributed by atoms with van der Waals surface area (Å²) >= 11 is 0. The van der Waals surface area contributed by atoms with Gasteiger partial charge in [-0.3, -0.25) is 14.9 Å². The van der Waals surface area contributed by atoms with E-state index in [0.29, 0.717) is 5.69 Å². The summed E-state index contributed by atoms with van der Waals surface area (Å²) in [4.78, 5) is 21.1. The molecule has 2 rings (SSSR count). The number of carboxylic acids is 1. The summed E-state index contributed by atoms with van der Waals surface area (Å²) < 4.78 is 1.27. The van der Waals surface area contributed by atoms with Gasteiger partial charge in [-0.2, -0.15) is 0 Å². The monoisotopic (exact) mass is 262 g/mol. The number of aliphatic carboxylic acids is 1. The Labute approximate surface area is 107 Å². The number of benzene rings is 1. The number of rotatable bonds is 4. The fraction of sp³-hybridized carbons (Fsp3) is 0.182. The van der Waals surface area contributed by atoms with Crippen molar-refractivity contribution in [2.24, 2.45) is 0 Å². The van der Waals surface area contributed by atoms with E-state index in [9.17, 15) is 14.9 Å². The molecule has 0 saturated carbocycles. The molecule has 0 aliphatic rings. The lowest BCUT2D eigenvalue weighted by Crippen LogP contribution is -2.05. The number of nitro benzene ring substituents is 1. The number of hydrogen-bond acceptors (Lipinski definition) is 5. The summed E-state index contributed by atoms with van der Waals surface area (Å²) in [6.45, 7) is 1.62. The summed E-state index contributed by atoms with van der Waals surface area (Å²) in [5.41, 5.74) is 0.897. The van der Waals surface area contributed by atoms with E-state index in [4.69, 9.17) is 5.11 Å². The molecule has 98 valence electrons. The Kier molecular flexibility index (Phi) is 3.23. The first-order chi connectivity index (χ1) is 9.00. The molecule has 19 heavy (non-hydrogen) atoms. The van der Waals surface area contributed by atoms with Gasteiger partial charge in [-0.15, -0.1) is 5.10 Å². The molecule has 0 spiro atoms. The molecule has 0 bridgehead atoms. The normalized spacial score (nSPS) is 10.4. The van der Waals surface area contributed by atoms with Gasteiger partial charge in [0, 0.05) is 6.07 Å². The molecule has 2 aromatic rings. The van der Waals surface area contributed by atoms with Gasteiger partial charge in [-0.1, -0.05) is 17.3 Å². The first-order valence-corrected chi connectivity index (χ1v) is 5.37. The van der Waals surface area contributed by atoms with E-state index in [0.717, 1.165) is 0 Å². The van der Waals surface area contributed by atoms with Crippen molar-refractivity contribution in [3.63, 3.8) is 0 Å². The zero-order valence-electron chi connectivity index (χ0n) is 9.98. The van der Waals surface area contributed by atoms with Crippen LogP contribution in [0.5, 0.6) is 0 Å². The van der Waals surface area contributed by atoms with Crippen LogP contribution in [-0.4, -0.2) is 31.0 Å². The third-order valence-corrected chi connectivity index (χ3v) is 2.62. The topological polar surface area (TPSA) is 111 Å². The quantitative estimate of drug-likeness (QED) is 0.652. The van der Waals surface area contributed by atoms with Crippen molar-refractivity contribution in [2.75, 3.05) is 0 Å². The van der Waals surface area contributed by atoms with Crippen LogP contribution in [0.25, 0.3) is 5.69 Å². The van der Waals surface area contributed by atoms with Crippen molar-refractivity contribution >= 4 is 11.7 Å². The van der Waals surface area contributed by atoms with Crippen LogP contribution in [0.4, 0.5) is 5.69 Å². The Morgan fingerprint density at radius 2 is 2.16 bits per heavy atom. The molecule has 0 atom stereocenters. The van der Waals surface area contributed by atoms with Gasteiger partial charge < -0.3 is 5.11 Å². The Balaban J connectivity index is 2.51. The zero-order chi connectivity index (χ0) is 14.0. The lowest BCUT2D eigenvalue weighted by Gasteiger charge is -2.04. The molecular formula is C11H10N4O4. The van der Waals surface area contributed by atoms with E-state index >= 15 is 0 Å². The van der Waals surface area contributed by atoms with Crippen LogP contribution >= 0.6 is 0 Å². The third-order valence-electron chi connectivity index (χ3n) is 2.62. The lowest BCUT2D eigenvalue weighted by molar-refractivity contribution is -0.384. The highest BCUT2D eigenvalue weighted by molar-refractivity contribution is 5.70. The van der Waals surface area contributed by atoms with Crippen molar-refractivity contribution in [3.8, 4) is 5.69 Å². The predicted molar refractivity (Wildman–Crippen MR) is 64.1 cm³/mol. The van der Waals surface area contributed by atoms with Crippen LogP contribution in [0.1, 0.15) is 11.4 Å². The molecule has 1 aromatic carbocycles. The Hall–Kier alpha value is -2.77. The molecular weight excluding hydrogens is 252 g/mol. The van der Waals surface area contributed by atoms with Crippen LogP contribution < -0.4 is 0 Å². The molecule has 0 fully saturated rings. The Morgan fingerprint density at radius 3 is 2.79 bits per heavy atom. The van der Waals surface area contributed by atoms with Crippen molar-refractivity contribution in [3.05, 3.63) is 45.8 Å². The van der Waals surface area contributed by atoms with Gasteiger partial charge in [0.15, 0.2) is 0 Å². The van der Waals surface area contributed by atoms with Gasteiger partial charge in [0.2, 0.25) is 0 Å². The first kappa shape index (κ1) is 12.7. The van der Waals surface area contributed by atoms with Crippen LogP contribution in [0.2, 0.25) is 0 Å². The van der Waals surface area contributed by atoms with E-state index < -0.39 is 10.9 Å². The second kappa shape index (κ2) is 4.84. The Morgan fingerprint density at radius 1 is 1.47 bits per heavy atom. The van der Waals surface area contributed by atoms with E-state index in [2.05, 4.69) is 10.3 Å². The number of nitro groups is 1. The van der Waals surface area contributed by atoms with Crippen LogP contribution in [0.15, 0.2) is 24.3 Å². The van der Waals surface area contributed by atoms with E-state index in [1.54, 1.807) is 19.1 Å². The second-order valence-electron chi connectivity index (χ2n) is 3.85. The highest BCUT2D eigenvalue weighted by Crippen LogP contribution is 2.23. The van der Waals surface area contributed by atoms with Crippen molar-refractivity contribution in [1.29, 1.82) is 0 Å². The standard InChI is InChI=1S/C11H10N4O4/c1-7-8(6-11(16)17)12-13-14(7)9-4-2-3-5-10(9)15(18)19/h2-5H,6H2,1H3,(H,16,17). The molecule has 0 saturated heterocycles. The Bertz CT molecular complexity index is 650. The van der Waals surface area contributed by atoms with Gasteiger partial charge in [0.1, 0.15) is 5.69 Å². The fourth-order valence-corrected chi connectivity index (χ4v) is 1.69. The number of carboxylic acid groups (broad SMARTS) is 1. The van der Waals surface area contributed by atoms with Crippen molar-refractivity contribution in [2.45, 2.75) is 13.3 Å². The van der Waals surface area contributed by atoms with E-state index in [1.165, 1.54) is 16.8 Å². The molecule has 0 radical (unpaired) electrons. The number of nitrogens with zero attached hydrogens (tertiary/aromatic N) is 4. The highest BCUT2D eigenvalue weighted by Gasteiger charge is 2.19. The summed E-state index contributed by atoms with van der Waals surface area (Å²) in [6.07, 6.45) is -0.271. The lowest BCUT2D eigenvalue weighted by atomic mass is 10.2. The smallest absolute Gasteiger partial charge is 0.309 e. The van der Waals surface area contributed by atoms with Crippen LogP contribution in [0, 0.1) is 17.0 Å². The summed E-state index contributed by atoms with van der Waals surface area (Å²) in [5, 5.41) is 27.2. The largest absolute Gasteiger partial charge is 0.481 e. The highest BCUT2D eigenvalue weighted by atomic mass is 16.6. The predicted octanol–water partition coefficient (Wildman–Crippen LogP) is 1.11. The minimum absolute atomic E-state index is 0.114. The van der Waals surface area contributed by atoms with E-state index in [1.807, 2.05) is 0 Å². The zero-order valence-corrected chi connectivity index (χ0v) is 9.98. The average Bonchev–Trinajstić information content (AvgIpc) is 2.70. The van der Waals surface area contributed by atoms with Crippen LogP contribution in [0.3, 0.4) is 0 Å². The third kappa shape index (κ3) is 2.41. The molecule has 0 aliphatic carbocycles. The number of hydrogen-bond donors (Lipinski definition) is 1. The first-order valence-electron chi connectivity index (χ1n) is 5.37. The van der Waals surface area contributed by atoms with Crippen LogP contribution in [-0.2, 0) is 11.2 Å². The molecule has 0 aliphatic heterocycles. The molecule has 0 amide bonds. The number of para-hydroxylation sites is 2. The van der Waals surface area contributed by atoms with Gasteiger partial charge >= 0.3 is 5.97 Å². The number of carbonyl (C=O) groups is 1. The molecule has 1 N–H and O–H groups in total. The van der Waals surface area contributed by atoms with Gasteiger partial charge in [-0.05, 0) is 13.0 Å². The van der Waals surface area contributed by atoms with Gasteiger partial charge in [0.25, 0.3) is 5.69 Å².